The second kappa shape index (κ2) is 11.3. The number of carbonyl (C=O) groups excluding carboxylic acids is 3. The number of ether oxygens (including phenoxy) is 1. The average molecular weight is 440 g/mol. The Balaban J connectivity index is 1.63. The average Bonchev–Trinajstić information content (AvgIpc) is 2.71. The van der Waals surface area contributed by atoms with Crippen LogP contribution in [0.1, 0.15) is 65.7 Å². The molecule has 2 heterocycles. The molecule has 3 amide bonds. The van der Waals surface area contributed by atoms with Gasteiger partial charge in [-0.2, -0.15) is 0 Å². The molecule has 31 heavy (non-hydrogen) atoms. The zero-order valence-corrected chi connectivity index (χ0v) is 19.0. The van der Waals surface area contributed by atoms with Gasteiger partial charge in [0.05, 0.1) is 6.42 Å². The molecule has 9 heteroatoms. The molecule has 0 aliphatic carbocycles. The molecule has 0 bridgehead atoms. The summed E-state index contributed by atoms with van der Waals surface area (Å²) in [5.41, 5.74) is -0.493. The number of hydrogen-bond acceptors (Lipinski definition) is 5. The molecule has 176 valence electrons. The molecular weight excluding hydrogens is 402 g/mol. The van der Waals surface area contributed by atoms with E-state index in [4.69, 9.17) is 9.84 Å². The van der Waals surface area contributed by atoms with Gasteiger partial charge in [-0.1, -0.05) is 0 Å². The Kier molecular flexibility index (Phi) is 9.13. The van der Waals surface area contributed by atoms with Crippen LogP contribution in [0.2, 0.25) is 0 Å². The van der Waals surface area contributed by atoms with E-state index in [0.29, 0.717) is 51.4 Å². The van der Waals surface area contributed by atoms with Crippen molar-refractivity contribution in [2.45, 2.75) is 71.3 Å². The summed E-state index contributed by atoms with van der Waals surface area (Å²) in [6.45, 7) is 8.17. The highest BCUT2D eigenvalue weighted by atomic mass is 16.6. The van der Waals surface area contributed by atoms with Crippen molar-refractivity contribution >= 4 is 23.9 Å². The molecule has 9 nitrogen and oxygen atoms in total. The third kappa shape index (κ3) is 8.75. The van der Waals surface area contributed by atoms with Gasteiger partial charge in [0.15, 0.2) is 0 Å². The molecule has 0 saturated carbocycles. The molecule has 2 N–H and O–H groups in total. The van der Waals surface area contributed by atoms with Gasteiger partial charge in [-0.15, -0.1) is 0 Å². The quantitative estimate of drug-likeness (QED) is 0.628. The molecule has 0 atom stereocenters. The SMILES string of the molecule is CC(C)(C)OC(=O)N1CCC(CCC(=O)N2CCC(C(=O)NCCC(=O)O)CC2)CC1. The summed E-state index contributed by atoms with van der Waals surface area (Å²) in [6, 6.07) is 0. The lowest BCUT2D eigenvalue weighted by Crippen LogP contribution is -2.43. The van der Waals surface area contributed by atoms with Gasteiger partial charge in [-0.05, 0) is 58.8 Å². The minimum atomic E-state index is -0.934. The maximum absolute atomic E-state index is 12.6. The second-order valence-corrected chi connectivity index (χ2v) is 9.54. The first kappa shape index (κ1) is 24.9. The van der Waals surface area contributed by atoms with Crippen LogP contribution in [0, 0.1) is 11.8 Å². The van der Waals surface area contributed by atoms with E-state index in [-0.39, 0.29) is 36.8 Å². The summed E-state index contributed by atoms with van der Waals surface area (Å²) in [7, 11) is 0. The van der Waals surface area contributed by atoms with Crippen LogP contribution in [-0.4, -0.2) is 77.1 Å². The number of rotatable bonds is 7. The number of aliphatic carboxylic acids is 1. The molecule has 2 fully saturated rings. The number of piperidine rings is 2. The predicted molar refractivity (Wildman–Crippen MR) is 114 cm³/mol. The van der Waals surface area contributed by atoms with Gasteiger partial charge in [0.1, 0.15) is 5.60 Å². The normalized spacial score (nSPS) is 18.5. The highest BCUT2D eigenvalue weighted by Crippen LogP contribution is 2.25. The van der Waals surface area contributed by atoms with Gasteiger partial charge < -0.3 is 25.0 Å². The number of carbonyl (C=O) groups is 4. The van der Waals surface area contributed by atoms with Crippen LogP contribution >= 0.6 is 0 Å². The van der Waals surface area contributed by atoms with Gasteiger partial charge >= 0.3 is 12.1 Å². The van der Waals surface area contributed by atoms with E-state index < -0.39 is 11.6 Å². The fourth-order valence-corrected chi connectivity index (χ4v) is 4.04. The van der Waals surface area contributed by atoms with Gasteiger partial charge in [0.25, 0.3) is 0 Å². The van der Waals surface area contributed by atoms with Crippen molar-refractivity contribution < 1.29 is 29.0 Å². The van der Waals surface area contributed by atoms with Crippen LogP contribution in [0.5, 0.6) is 0 Å². The van der Waals surface area contributed by atoms with Crippen LogP contribution in [0.15, 0.2) is 0 Å². The minimum absolute atomic E-state index is 0.0836. The summed E-state index contributed by atoms with van der Waals surface area (Å²) in [5, 5.41) is 11.3. The minimum Gasteiger partial charge on any atom is -0.481 e. The zero-order chi connectivity index (χ0) is 23.0. The largest absolute Gasteiger partial charge is 0.481 e. The number of nitrogens with one attached hydrogen (secondary N) is 1. The van der Waals surface area contributed by atoms with E-state index in [0.717, 1.165) is 19.3 Å². The summed E-state index contributed by atoms with van der Waals surface area (Å²) < 4.78 is 5.42. The lowest BCUT2D eigenvalue weighted by atomic mass is 9.91. The van der Waals surface area contributed by atoms with Crippen LogP contribution in [0.3, 0.4) is 0 Å². The van der Waals surface area contributed by atoms with Crippen molar-refractivity contribution in [2.24, 2.45) is 11.8 Å². The third-order valence-electron chi connectivity index (χ3n) is 5.89. The molecule has 0 aromatic carbocycles. The van der Waals surface area contributed by atoms with E-state index in [1.54, 1.807) is 4.90 Å². The molecule has 0 unspecified atom stereocenters. The van der Waals surface area contributed by atoms with Gasteiger partial charge in [-0.3, -0.25) is 14.4 Å². The summed E-state index contributed by atoms with van der Waals surface area (Å²) in [6.07, 6.45) is 3.94. The van der Waals surface area contributed by atoms with Gasteiger partial charge in [0.2, 0.25) is 11.8 Å². The molecule has 2 aliphatic heterocycles. The Labute approximate surface area is 184 Å². The fraction of sp³-hybridized carbons (Fsp3) is 0.818. The van der Waals surface area contributed by atoms with E-state index in [1.165, 1.54) is 0 Å². The lowest BCUT2D eigenvalue weighted by Gasteiger charge is -2.34. The predicted octanol–water partition coefficient (Wildman–Crippen LogP) is 2.24. The van der Waals surface area contributed by atoms with E-state index in [9.17, 15) is 19.2 Å². The number of nitrogens with zero attached hydrogens (tertiary/aromatic N) is 2. The Morgan fingerprint density at radius 2 is 1.52 bits per heavy atom. The molecule has 2 rings (SSSR count). The van der Waals surface area contributed by atoms with Gasteiger partial charge in [0, 0.05) is 45.1 Å². The lowest BCUT2D eigenvalue weighted by molar-refractivity contribution is -0.138. The highest BCUT2D eigenvalue weighted by molar-refractivity contribution is 5.80. The highest BCUT2D eigenvalue weighted by Gasteiger charge is 2.29. The van der Waals surface area contributed by atoms with Crippen molar-refractivity contribution in [3.8, 4) is 0 Å². The van der Waals surface area contributed by atoms with Crippen molar-refractivity contribution in [1.29, 1.82) is 0 Å². The first-order chi connectivity index (χ1) is 14.5. The summed E-state index contributed by atoms with van der Waals surface area (Å²) in [5.74, 6) is -0.657. The topological polar surface area (TPSA) is 116 Å². The molecule has 2 aliphatic rings. The summed E-state index contributed by atoms with van der Waals surface area (Å²) in [4.78, 5) is 50.9. The van der Waals surface area contributed by atoms with Crippen LogP contribution in [-0.2, 0) is 19.1 Å². The summed E-state index contributed by atoms with van der Waals surface area (Å²) >= 11 is 0. The van der Waals surface area contributed by atoms with E-state index >= 15 is 0 Å². The van der Waals surface area contributed by atoms with E-state index in [2.05, 4.69) is 5.32 Å². The second-order valence-electron chi connectivity index (χ2n) is 9.54. The molecule has 0 aromatic heterocycles. The number of carboxylic acid groups (broad SMARTS) is 1. The Morgan fingerprint density at radius 3 is 2.06 bits per heavy atom. The molecule has 0 aromatic rings. The van der Waals surface area contributed by atoms with Crippen LogP contribution < -0.4 is 5.32 Å². The Morgan fingerprint density at radius 1 is 0.935 bits per heavy atom. The standard InChI is InChI=1S/C22H37N3O6/c1-22(2,3)31-21(30)25-12-7-16(8-13-25)4-5-18(26)24-14-9-17(10-15-24)20(29)23-11-6-19(27)28/h16-17H,4-15H2,1-3H3,(H,23,29)(H,27,28). The number of hydrogen-bond donors (Lipinski definition) is 2. The first-order valence-electron chi connectivity index (χ1n) is 11.3. The maximum Gasteiger partial charge on any atom is 0.410 e. The third-order valence-corrected chi connectivity index (χ3v) is 5.89. The van der Waals surface area contributed by atoms with Crippen molar-refractivity contribution in [1.82, 2.24) is 15.1 Å². The number of likely N-dealkylation sites (tertiary alicyclic amines) is 2. The zero-order valence-electron chi connectivity index (χ0n) is 19.0. The maximum atomic E-state index is 12.6. The Hall–Kier alpha value is -2.32. The van der Waals surface area contributed by atoms with Crippen molar-refractivity contribution in [2.75, 3.05) is 32.7 Å². The fourth-order valence-electron chi connectivity index (χ4n) is 4.04. The van der Waals surface area contributed by atoms with Crippen molar-refractivity contribution in [3.05, 3.63) is 0 Å². The Bertz CT molecular complexity index is 644. The monoisotopic (exact) mass is 439 g/mol. The van der Waals surface area contributed by atoms with Crippen molar-refractivity contribution in [3.63, 3.8) is 0 Å². The number of amides is 3. The first-order valence-corrected chi connectivity index (χ1v) is 11.3. The molecule has 0 radical (unpaired) electrons. The van der Waals surface area contributed by atoms with Gasteiger partial charge in [-0.25, -0.2) is 4.79 Å². The van der Waals surface area contributed by atoms with E-state index in [1.807, 2.05) is 25.7 Å². The molecular formula is C22H37N3O6. The number of carboxylic acids is 1. The molecule has 2 saturated heterocycles. The van der Waals surface area contributed by atoms with Crippen LogP contribution in [0.4, 0.5) is 4.79 Å². The smallest absolute Gasteiger partial charge is 0.410 e. The van der Waals surface area contributed by atoms with Crippen LogP contribution in [0.25, 0.3) is 0 Å². The molecule has 0 spiro atoms.